The number of hydrogen-bond acceptors (Lipinski definition) is 5. The van der Waals surface area contributed by atoms with E-state index in [0.29, 0.717) is 47.7 Å². The molecular formula is C32H29Cl2N3O4S. The van der Waals surface area contributed by atoms with Crippen LogP contribution in [0.4, 0.5) is 5.69 Å². The summed E-state index contributed by atoms with van der Waals surface area (Å²) in [6.07, 6.45) is 4.20. The number of carbonyl (C=O) groups excluding carboxylic acids is 1. The van der Waals surface area contributed by atoms with Gasteiger partial charge in [-0.1, -0.05) is 77.8 Å². The maximum Gasteiger partial charge on any atom is 0.261 e. The van der Waals surface area contributed by atoms with Gasteiger partial charge in [0, 0.05) is 37.7 Å². The second-order valence-electron chi connectivity index (χ2n) is 9.71. The number of rotatable bonds is 9. The van der Waals surface area contributed by atoms with E-state index >= 15 is 0 Å². The minimum absolute atomic E-state index is 0.0135. The third-order valence-electron chi connectivity index (χ3n) is 6.79. The van der Waals surface area contributed by atoms with Crippen LogP contribution in [-0.4, -0.2) is 56.8 Å². The molecule has 1 aliphatic heterocycles. The molecule has 0 bridgehead atoms. The molecule has 0 unspecified atom stereocenters. The predicted octanol–water partition coefficient (Wildman–Crippen LogP) is 7.06. The van der Waals surface area contributed by atoms with Crippen molar-refractivity contribution in [2.75, 3.05) is 37.4 Å². The van der Waals surface area contributed by atoms with Crippen molar-refractivity contribution in [1.29, 1.82) is 0 Å². The zero-order valence-electron chi connectivity index (χ0n) is 22.6. The lowest BCUT2D eigenvalue weighted by atomic mass is 10.1. The molecule has 1 N–H and O–H groups in total. The lowest BCUT2D eigenvalue weighted by molar-refractivity contribution is 0.0651. The van der Waals surface area contributed by atoms with Gasteiger partial charge < -0.3 is 9.64 Å². The lowest BCUT2D eigenvalue weighted by Gasteiger charge is -2.34. The number of carbonyl (C=O) groups is 1. The first-order valence-corrected chi connectivity index (χ1v) is 15.6. The number of para-hydroxylation sites is 1. The summed E-state index contributed by atoms with van der Waals surface area (Å²) in [5, 5.41) is 0.782. The molecule has 1 aliphatic rings. The van der Waals surface area contributed by atoms with Crippen molar-refractivity contribution < 1.29 is 17.9 Å². The van der Waals surface area contributed by atoms with Gasteiger partial charge in [-0.15, -0.1) is 0 Å². The summed E-state index contributed by atoms with van der Waals surface area (Å²) in [6, 6.07) is 27.6. The molecule has 0 aromatic heterocycles. The van der Waals surface area contributed by atoms with Crippen molar-refractivity contribution in [3.05, 3.63) is 124 Å². The van der Waals surface area contributed by atoms with E-state index in [2.05, 4.69) is 33.9 Å². The van der Waals surface area contributed by atoms with Crippen molar-refractivity contribution in [2.24, 2.45) is 0 Å². The van der Waals surface area contributed by atoms with Gasteiger partial charge in [-0.25, -0.2) is 8.42 Å². The molecule has 216 valence electrons. The molecule has 0 spiro atoms. The van der Waals surface area contributed by atoms with Crippen molar-refractivity contribution in [2.45, 2.75) is 4.90 Å². The van der Waals surface area contributed by atoms with Crippen molar-refractivity contribution in [3.63, 3.8) is 0 Å². The molecular weight excluding hydrogens is 593 g/mol. The van der Waals surface area contributed by atoms with Crippen LogP contribution >= 0.6 is 23.2 Å². The molecule has 1 fully saturated rings. The topological polar surface area (TPSA) is 78.9 Å². The Labute approximate surface area is 256 Å². The number of sulfonamides is 1. The van der Waals surface area contributed by atoms with Gasteiger partial charge in [-0.05, 0) is 60.2 Å². The summed E-state index contributed by atoms with van der Waals surface area (Å²) in [5.74, 6) is 0.610. The summed E-state index contributed by atoms with van der Waals surface area (Å²) in [4.78, 5) is 17.5. The second-order valence-corrected chi connectivity index (χ2v) is 12.2. The molecule has 0 aliphatic carbocycles. The third-order valence-corrected chi connectivity index (χ3v) is 8.72. The molecule has 0 saturated carbocycles. The summed E-state index contributed by atoms with van der Waals surface area (Å²) < 4.78 is 34.8. The fraction of sp³-hybridized carbons (Fsp3) is 0.156. The van der Waals surface area contributed by atoms with Crippen molar-refractivity contribution in [3.8, 4) is 11.5 Å². The van der Waals surface area contributed by atoms with Crippen LogP contribution in [-0.2, 0) is 10.0 Å². The number of piperazine rings is 1. The van der Waals surface area contributed by atoms with Crippen LogP contribution in [0.3, 0.4) is 0 Å². The van der Waals surface area contributed by atoms with Crippen molar-refractivity contribution >= 4 is 50.9 Å². The average Bonchev–Trinajstić information content (AvgIpc) is 3.00. The Morgan fingerprint density at radius 2 is 1.55 bits per heavy atom. The standard InChI is InChI=1S/C32H29Cl2N3O4S/c33-25-12-17-30(35-42(39,40)27-15-13-26(14-16-27)41-31-11-5-4-10-29(31)34)28(23-25)32(38)37-21-19-36(20-22-37)18-6-9-24-7-2-1-3-8-24/h1-17,23,35H,18-22H2/b9-6+. The number of benzene rings is 4. The molecule has 7 nitrogen and oxygen atoms in total. The number of nitrogens with one attached hydrogen (secondary N) is 1. The maximum absolute atomic E-state index is 13.5. The molecule has 1 heterocycles. The minimum atomic E-state index is -4.01. The summed E-state index contributed by atoms with van der Waals surface area (Å²) in [7, 11) is -4.01. The third kappa shape index (κ3) is 7.52. The lowest BCUT2D eigenvalue weighted by Crippen LogP contribution is -2.48. The smallest absolute Gasteiger partial charge is 0.261 e. The first-order valence-electron chi connectivity index (χ1n) is 13.4. The van der Waals surface area contributed by atoms with E-state index in [-0.39, 0.29) is 22.1 Å². The van der Waals surface area contributed by atoms with Crippen LogP contribution in [0, 0.1) is 0 Å². The van der Waals surface area contributed by atoms with Gasteiger partial charge in [0.1, 0.15) is 11.5 Å². The monoisotopic (exact) mass is 621 g/mol. The average molecular weight is 623 g/mol. The highest BCUT2D eigenvalue weighted by molar-refractivity contribution is 7.92. The Bertz CT molecular complexity index is 1670. The highest BCUT2D eigenvalue weighted by Gasteiger charge is 2.26. The molecule has 42 heavy (non-hydrogen) atoms. The number of ether oxygens (including phenoxy) is 1. The number of hydrogen-bond donors (Lipinski definition) is 1. The van der Waals surface area contributed by atoms with E-state index in [9.17, 15) is 13.2 Å². The van der Waals surface area contributed by atoms with Gasteiger partial charge in [0.15, 0.2) is 0 Å². The van der Waals surface area contributed by atoms with Gasteiger partial charge in [0.2, 0.25) is 0 Å². The quantitative estimate of drug-likeness (QED) is 0.216. The van der Waals surface area contributed by atoms with Crippen LogP contribution in [0.15, 0.2) is 108 Å². The van der Waals surface area contributed by atoms with Crippen LogP contribution in [0.5, 0.6) is 11.5 Å². The largest absolute Gasteiger partial charge is 0.456 e. The van der Waals surface area contributed by atoms with Crippen LogP contribution in [0.25, 0.3) is 6.08 Å². The Balaban J connectivity index is 1.23. The van der Waals surface area contributed by atoms with Gasteiger partial charge in [-0.3, -0.25) is 14.4 Å². The molecule has 1 saturated heterocycles. The first-order chi connectivity index (χ1) is 20.3. The Kier molecular flexibility index (Phi) is 9.49. The second kappa shape index (κ2) is 13.4. The predicted molar refractivity (Wildman–Crippen MR) is 168 cm³/mol. The van der Waals surface area contributed by atoms with Crippen molar-refractivity contribution in [1.82, 2.24) is 9.80 Å². The molecule has 0 radical (unpaired) electrons. The van der Waals surface area contributed by atoms with Gasteiger partial charge >= 0.3 is 0 Å². The highest BCUT2D eigenvalue weighted by atomic mass is 35.5. The van der Waals surface area contributed by atoms with E-state index in [4.69, 9.17) is 27.9 Å². The van der Waals surface area contributed by atoms with E-state index in [0.717, 1.165) is 12.1 Å². The number of nitrogens with zero attached hydrogens (tertiary/aromatic N) is 2. The molecule has 10 heteroatoms. The molecule has 4 aromatic carbocycles. The fourth-order valence-electron chi connectivity index (χ4n) is 4.53. The van der Waals surface area contributed by atoms with E-state index in [1.54, 1.807) is 47.4 Å². The molecule has 1 amide bonds. The van der Waals surface area contributed by atoms with Crippen LogP contribution < -0.4 is 9.46 Å². The Morgan fingerprint density at radius 3 is 2.26 bits per heavy atom. The number of anilines is 1. The summed E-state index contributed by atoms with van der Waals surface area (Å²) in [5.41, 5.74) is 1.50. The zero-order chi connectivity index (χ0) is 29.5. The highest BCUT2D eigenvalue weighted by Crippen LogP contribution is 2.30. The van der Waals surface area contributed by atoms with E-state index < -0.39 is 10.0 Å². The first kappa shape index (κ1) is 29.7. The molecule has 0 atom stereocenters. The minimum Gasteiger partial charge on any atom is -0.456 e. The van der Waals surface area contributed by atoms with Gasteiger partial charge in [0.25, 0.3) is 15.9 Å². The normalized spacial score (nSPS) is 14.2. The Morgan fingerprint density at radius 1 is 0.857 bits per heavy atom. The van der Waals surface area contributed by atoms with Gasteiger partial charge in [0.05, 0.1) is 21.2 Å². The molecule has 4 aromatic rings. The number of halogens is 2. The summed E-state index contributed by atoms with van der Waals surface area (Å²) in [6.45, 7) is 3.22. The molecule has 5 rings (SSSR count). The summed E-state index contributed by atoms with van der Waals surface area (Å²) >= 11 is 12.4. The Hall–Kier alpha value is -3.82. The van der Waals surface area contributed by atoms with Gasteiger partial charge in [-0.2, -0.15) is 0 Å². The van der Waals surface area contributed by atoms with Crippen LogP contribution in [0.2, 0.25) is 10.0 Å². The maximum atomic E-state index is 13.5. The van der Waals surface area contributed by atoms with E-state index in [1.165, 1.54) is 24.3 Å². The number of amides is 1. The fourth-order valence-corrected chi connectivity index (χ4v) is 5.96. The van der Waals surface area contributed by atoms with Crippen LogP contribution in [0.1, 0.15) is 15.9 Å². The SMILES string of the molecule is O=C(c1cc(Cl)ccc1NS(=O)(=O)c1ccc(Oc2ccccc2Cl)cc1)N1CCN(C/C=C/c2ccccc2)CC1. The zero-order valence-corrected chi connectivity index (χ0v) is 24.9. The van der Waals surface area contributed by atoms with E-state index in [1.807, 2.05) is 18.2 Å².